The van der Waals surface area contributed by atoms with Crippen molar-refractivity contribution >= 4 is 5.97 Å². The van der Waals surface area contributed by atoms with Gasteiger partial charge in [0.05, 0.1) is 11.4 Å². The summed E-state index contributed by atoms with van der Waals surface area (Å²) in [6, 6.07) is -0.217. The van der Waals surface area contributed by atoms with Gasteiger partial charge in [0.1, 0.15) is 5.82 Å². The maximum atomic E-state index is 10.6. The molecule has 3 N–H and O–H groups in total. The maximum absolute atomic E-state index is 10.6. The molecule has 0 amide bonds. The van der Waals surface area contributed by atoms with Gasteiger partial charge in [0.15, 0.2) is 0 Å². The Morgan fingerprint density at radius 3 is 3.06 bits per heavy atom. The van der Waals surface area contributed by atoms with Crippen molar-refractivity contribution in [1.29, 1.82) is 0 Å². The van der Waals surface area contributed by atoms with Crippen LogP contribution in [0.2, 0.25) is 0 Å². The summed E-state index contributed by atoms with van der Waals surface area (Å²) >= 11 is 0. The van der Waals surface area contributed by atoms with E-state index in [2.05, 4.69) is 9.55 Å². The van der Waals surface area contributed by atoms with E-state index in [0.29, 0.717) is 6.42 Å². The SMILES string of the molecule is Cc1nc2n(c1C(N)CCC(=O)O)CCCC2. The molecule has 2 rings (SSSR count). The first-order valence-electron chi connectivity index (χ1n) is 6.13. The minimum atomic E-state index is -0.795. The summed E-state index contributed by atoms with van der Waals surface area (Å²) in [7, 11) is 0. The van der Waals surface area contributed by atoms with Crippen LogP contribution in [0.5, 0.6) is 0 Å². The third-order valence-electron chi connectivity index (χ3n) is 3.32. The highest BCUT2D eigenvalue weighted by atomic mass is 16.4. The molecule has 1 aliphatic heterocycles. The fourth-order valence-corrected chi connectivity index (χ4v) is 2.52. The van der Waals surface area contributed by atoms with Crippen LogP contribution in [0, 0.1) is 6.92 Å². The average Bonchev–Trinajstić information content (AvgIpc) is 2.61. The van der Waals surface area contributed by atoms with Crippen molar-refractivity contribution in [3.8, 4) is 0 Å². The van der Waals surface area contributed by atoms with Crippen molar-refractivity contribution in [2.45, 2.75) is 51.6 Å². The Labute approximate surface area is 101 Å². The van der Waals surface area contributed by atoms with Crippen molar-refractivity contribution in [3.05, 3.63) is 17.2 Å². The first-order chi connectivity index (χ1) is 8.09. The van der Waals surface area contributed by atoms with Crippen LogP contribution < -0.4 is 5.73 Å². The van der Waals surface area contributed by atoms with E-state index in [1.807, 2.05) is 6.92 Å². The predicted molar refractivity (Wildman–Crippen MR) is 63.7 cm³/mol. The third kappa shape index (κ3) is 2.49. The lowest BCUT2D eigenvalue weighted by atomic mass is 10.1. The molecule has 0 aliphatic carbocycles. The Hall–Kier alpha value is -1.36. The number of fused-ring (bicyclic) bond motifs is 1. The molecule has 0 spiro atoms. The lowest BCUT2D eigenvalue weighted by Gasteiger charge is -2.19. The summed E-state index contributed by atoms with van der Waals surface area (Å²) in [4.78, 5) is 15.1. The van der Waals surface area contributed by atoms with Gasteiger partial charge in [0.2, 0.25) is 0 Å². The summed E-state index contributed by atoms with van der Waals surface area (Å²) in [5, 5.41) is 8.69. The van der Waals surface area contributed by atoms with Gasteiger partial charge in [-0.3, -0.25) is 4.79 Å². The minimum absolute atomic E-state index is 0.112. The highest BCUT2D eigenvalue weighted by Gasteiger charge is 2.22. The highest BCUT2D eigenvalue weighted by molar-refractivity contribution is 5.66. The number of hydrogen-bond donors (Lipinski definition) is 2. The third-order valence-corrected chi connectivity index (χ3v) is 3.32. The number of aliphatic carboxylic acids is 1. The predicted octanol–water partition coefficient (Wildman–Crippen LogP) is 1.39. The summed E-state index contributed by atoms with van der Waals surface area (Å²) in [5.41, 5.74) is 8.08. The van der Waals surface area contributed by atoms with Crippen LogP contribution >= 0.6 is 0 Å². The monoisotopic (exact) mass is 237 g/mol. The van der Waals surface area contributed by atoms with Gasteiger partial charge in [0, 0.05) is 25.4 Å². The van der Waals surface area contributed by atoms with E-state index >= 15 is 0 Å². The first-order valence-corrected chi connectivity index (χ1v) is 6.13. The lowest BCUT2D eigenvalue weighted by Crippen LogP contribution is -2.20. The number of rotatable bonds is 4. The molecule has 0 radical (unpaired) electrons. The Kier molecular flexibility index (Phi) is 3.47. The molecular weight excluding hydrogens is 218 g/mol. The molecule has 0 aromatic carbocycles. The van der Waals surface area contributed by atoms with Crippen LogP contribution in [-0.4, -0.2) is 20.6 Å². The van der Waals surface area contributed by atoms with Crippen molar-refractivity contribution in [1.82, 2.24) is 9.55 Å². The first kappa shape index (κ1) is 12.1. The van der Waals surface area contributed by atoms with Crippen LogP contribution in [0.15, 0.2) is 0 Å². The van der Waals surface area contributed by atoms with Gasteiger partial charge >= 0.3 is 5.97 Å². The van der Waals surface area contributed by atoms with Gasteiger partial charge in [-0.25, -0.2) is 4.98 Å². The summed E-state index contributed by atoms with van der Waals surface area (Å²) < 4.78 is 2.19. The van der Waals surface area contributed by atoms with E-state index in [9.17, 15) is 4.79 Å². The number of aryl methyl sites for hydroxylation is 2. The van der Waals surface area contributed by atoms with Crippen LogP contribution in [-0.2, 0) is 17.8 Å². The van der Waals surface area contributed by atoms with E-state index in [-0.39, 0.29) is 12.5 Å². The molecule has 0 saturated heterocycles. The molecule has 1 unspecified atom stereocenters. The second kappa shape index (κ2) is 4.87. The molecule has 1 aromatic rings. The Balaban J connectivity index is 2.19. The second-order valence-electron chi connectivity index (χ2n) is 4.65. The molecule has 2 heterocycles. The van der Waals surface area contributed by atoms with E-state index < -0.39 is 5.97 Å². The average molecular weight is 237 g/mol. The number of carbonyl (C=O) groups is 1. The second-order valence-corrected chi connectivity index (χ2v) is 4.65. The van der Waals surface area contributed by atoms with Gasteiger partial charge in [0.25, 0.3) is 0 Å². The summed E-state index contributed by atoms with van der Waals surface area (Å²) in [6.07, 6.45) is 3.93. The quantitative estimate of drug-likeness (QED) is 0.829. The zero-order valence-electron chi connectivity index (χ0n) is 10.1. The molecule has 5 nitrogen and oxygen atoms in total. The number of nitrogens with zero attached hydrogens (tertiary/aromatic N) is 2. The summed E-state index contributed by atoms with van der Waals surface area (Å²) in [6.45, 7) is 2.92. The van der Waals surface area contributed by atoms with E-state index in [1.165, 1.54) is 6.42 Å². The number of carboxylic acids is 1. The molecule has 0 saturated carbocycles. The maximum Gasteiger partial charge on any atom is 0.303 e. The van der Waals surface area contributed by atoms with E-state index in [0.717, 1.165) is 36.6 Å². The Morgan fingerprint density at radius 2 is 2.35 bits per heavy atom. The van der Waals surface area contributed by atoms with Crippen molar-refractivity contribution in [2.24, 2.45) is 5.73 Å². The zero-order chi connectivity index (χ0) is 12.4. The number of imidazole rings is 1. The Bertz CT molecular complexity index is 426. The van der Waals surface area contributed by atoms with Crippen molar-refractivity contribution < 1.29 is 9.90 Å². The van der Waals surface area contributed by atoms with Gasteiger partial charge in [-0.15, -0.1) is 0 Å². The van der Waals surface area contributed by atoms with Gasteiger partial charge < -0.3 is 15.4 Å². The molecule has 94 valence electrons. The Morgan fingerprint density at radius 1 is 1.59 bits per heavy atom. The van der Waals surface area contributed by atoms with E-state index in [1.54, 1.807) is 0 Å². The van der Waals surface area contributed by atoms with Gasteiger partial charge in [-0.2, -0.15) is 0 Å². The van der Waals surface area contributed by atoms with Crippen LogP contribution in [0.4, 0.5) is 0 Å². The number of hydrogen-bond acceptors (Lipinski definition) is 3. The number of aromatic nitrogens is 2. The zero-order valence-corrected chi connectivity index (χ0v) is 10.1. The standard InChI is InChI=1S/C12H19N3O2/c1-8-12(9(13)5-6-11(16)17)15-7-3-2-4-10(15)14-8/h9H,2-7,13H2,1H3,(H,16,17). The minimum Gasteiger partial charge on any atom is -0.481 e. The molecule has 1 aliphatic rings. The molecule has 1 aromatic heterocycles. The molecule has 1 atom stereocenters. The van der Waals surface area contributed by atoms with Crippen molar-refractivity contribution in [3.63, 3.8) is 0 Å². The molecular formula is C12H19N3O2. The molecule has 0 bridgehead atoms. The smallest absolute Gasteiger partial charge is 0.303 e. The fourth-order valence-electron chi connectivity index (χ4n) is 2.52. The van der Waals surface area contributed by atoms with E-state index in [4.69, 9.17) is 10.8 Å². The molecule has 0 fully saturated rings. The van der Waals surface area contributed by atoms with Gasteiger partial charge in [-0.05, 0) is 26.2 Å². The fraction of sp³-hybridized carbons (Fsp3) is 0.667. The van der Waals surface area contributed by atoms with Crippen LogP contribution in [0.1, 0.15) is 48.9 Å². The van der Waals surface area contributed by atoms with Crippen molar-refractivity contribution in [2.75, 3.05) is 0 Å². The highest BCUT2D eigenvalue weighted by Crippen LogP contribution is 2.25. The topological polar surface area (TPSA) is 81.1 Å². The number of carboxylic acid groups (broad SMARTS) is 1. The largest absolute Gasteiger partial charge is 0.481 e. The molecule has 17 heavy (non-hydrogen) atoms. The normalized spacial score (nSPS) is 16.6. The van der Waals surface area contributed by atoms with Crippen LogP contribution in [0.25, 0.3) is 0 Å². The molecule has 5 heteroatoms. The number of nitrogens with two attached hydrogens (primary N) is 1. The van der Waals surface area contributed by atoms with Gasteiger partial charge in [-0.1, -0.05) is 0 Å². The van der Waals surface area contributed by atoms with Crippen LogP contribution in [0.3, 0.4) is 0 Å². The lowest BCUT2D eigenvalue weighted by molar-refractivity contribution is -0.137. The summed E-state index contributed by atoms with van der Waals surface area (Å²) in [5.74, 6) is 0.311.